The third-order valence-electron chi connectivity index (χ3n) is 4.43. The van der Waals surface area contributed by atoms with E-state index in [1.165, 1.54) is 0 Å². The summed E-state index contributed by atoms with van der Waals surface area (Å²) in [5, 5.41) is 3.29. The second-order valence-electron chi connectivity index (χ2n) is 5.61. The first kappa shape index (κ1) is 12.8. The Morgan fingerprint density at radius 1 is 1.41 bits per heavy atom. The van der Waals surface area contributed by atoms with Crippen LogP contribution >= 0.6 is 0 Å². The van der Waals surface area contributed by atoms with Crippen LogP contribution in [0.3, 0.4) is 0 Å². The largest absolute Gasteiger partial charge is 0.341 e. The van der Waals surface area contributed by atoms with Gasteiger partial charge in [-0.3, -0.25) is 4.79 Å². The van der Waals surface area contributed by atoms with Crippen molar-refractivity contribution in [1.82, 2.24) is 15.1 Å². The predicted octanol–water partition coefficient (Wildman–Crippen LogP) is 0.680. The van der Waals surface area contributed by atoms with Gasteiger partial charge in [0.15, 0.2) is 0 Å². The molecule has 0 aromatic heterocycles. The first-order chi connectivity index (χ1) is 8.09. The molecule has 4 heteroatoms. The Balaban J connectivity index is 1.90. The summed E-state index contributed by atoms with van der Waals surface area (Å²) < 4.78 is 0. The van der Waals surface area contributed by atoms with E-state index in [1.54, 1.807) is 0 Å². The van der Waals surface area contributed by atoms with Gasteiger partial charge in [-0.2, -0.15) is 0 Å². The van der Waals surface area contributed by atoms with Gasteiger partial charge in [0.1, 0.15) is 0 Å². The summed E-state index contributed by atoms with van der Waals surface area (Å²) in [6.07, 6.45) is 4.35. The SMILES string of the molecule is C[C@@H]1C[C@@H](N(C)C(=O)[C@H]2CCCN2)CCN1C. The number of likely N-dealkylation sites (tertiary alicyclic amines) is 1. The maximum absolute atomic E-state index is 12.3. The molecule has 4 nitrogen and oxygen atoms in total. The van der Waals surface area contributed by atoms with Gasteiger partial charge in [0.2, 0.25) is 5.91 Å². The molecule has 0 saturated carbocycles. The van der Waals surface area contributed by atoms with Crippen molar-refractivity contribution in [1.29, 1.82) is 0 Å². The van der Waals surface area contributed by atoms with Crippen LogP contribution < -0.4 is 5.32 Å². The number of rotatable bonds is 2. The standard InChI is InChI=1S/C13H25N3O/c1-10-9-11(6-8-15(10)2)16(3)13(17)12-5-4-7-14-12/h10-12,14H,4-9H2,1-3H3/t10-,11+,12-/m1/s1. The number of hydrogen-bond donors (Lipinski definition) is 1. The molecule has 2 rings (SSSR count). The van der Waals surface area contributed by atoms with E-state index in [9.17, 15) is 4.79 Å². The second-order valence-corrected chi connectivity index (χ2v) is 5.61. The zero-order chi connectivity index (χ0) is 12.4. The lowest BCUT2D eigenvalue weighted by Crippen LogP contribution is -2.51. The molecule has 0 aliphatic carbocycles. The lowest BCUT2D eigenvalue weighted by molar-refractivity contribution is -0.135. The Hall–Kier alpha value is -0.610. The summed E-state index contributed by atoms with van der Waals surface area (Å²) in [7, 11) is 4.15. The molecule has 1 amide bonds. The molecule has 0 unspecified atom stereocenters. The van der Waals surface area contributed by atoms with Crippen molar-refractivity contribution in [3.8, 4) is 0 Å². The van der Waals surface area contributed by atoms with Crippen LogP contribution in [-0.2, 0) is 4.79 Å². The third kappa shape index (κ3) is 2.80. The summed E-state index contributed by atoms with van der Waals surface area (Å²) in [6.45, 7) is 4.34. The lowest BCUT2D eigenvalue weighted by Gasteiger charge is -2.40. The number of piperidine rings is 1. The molecule has 2 fully saturated rings. The average Bonchev–Trinajstić information content (AvgIpc) is 2.84. The summed E-state index contributed by atoms with van der Waals surface area (Å²) in [6, 6.07) is 1.09. The van der Waals surface area contributed by atoms with Gasteiger partial charge in [0, 0.05) is 25.7 Å². The van der Waals surface area contributed by atoms with Gasteiger partial charge in [0.05, 0.1) is 6.04 Å². The van der Waals surface area contributed by atoms with Crippen molar-refractivity contribution in [3.63, 3.8) is 0 Å². The monoisotopic (exact) mass is 239 g/mol. The fourth-order valence-corrected chi connectivity index (χ4v) is 2.94. The minimum absolute atomic E-state index is 0.0787. The summed E-state index contributed by atoms with van der Waals surface area (Å²) in [4.78, 5) is 16.7. The predicted molar refractivity (Wildman–Crippen MR) is 68.9 cm³/mol. The van der Waals surface area contributed by atoms with E-state index >= 15 is 0 Å². The van der Waals surface area contributed by atoms with Crippen LogP contribution in [-0.4, -0.2) is 61.0 Å². The Labute approximate surface area is 104 Å². The van der Waals surface area contributed by atoms with Crippen molar-refractivity contribution >= 4 is 5.91 Å². The zero-order valence-corrected chi connectivity index (χ0v) is 11.3. The highest BCUT2D eigenvalue weighted by atomic mass is 16.2. The van der Waals surface area contributed by atoms with Crippen LogP contribution in [0.2, 0.25) is 0 Å². The van der Waals surface area contributed by atoms with E-state index in [1.807, 2.05) is 11.9 Å². The van der Waals surface area contributed by atoms with Crippen LogP contribution in [0, 0.1) is 0 Å². The van der Waals surface area contributed by atoms with Crippen molar-refractivity contribution < 1.29 is 4.79 Å². The van der Waals surface area contributed by atoms with E-state index in [4.69, 9.17) is 0 Å². The van der Waals surface area contributed by atoms with Crippen LogP contribution in [0.25, 0.3) is 0 Å². The quantitative estimate of drug-likeness (QED) is 0.770. The second kappa shape index (κ2) is 5.36. The Morgan fingerprint density at radius 2 is 2.18 bits per heavy atom. The molecular formula is C13H25N3O. The van der Waals surface area contributed by atoms with Crippen LogP contribution in [0.1, 0.15) is 32.6 Å². The molecule has 1 N–H and O–H groups in total. The number of hydrogen-bond acceptors (Lipinski definition) is 3. The summed E-state index contributed by atoms with van der Waals surface area (Å²) >= 11 is 0. The number of nitrogens with zero attached hydrogens (tertiary/aromatic N) is 2. The molecule has 2 saturated heterocycles. The average molecular weight is 239 g/mol. The number of amides is 1. The number of likely N-dealkylation sites (N-methyl/N-ethyl adjacent to an activating group) is 1. The molecule has 0 spiro atoms. The van der Waals surface area contributed by atoms with Gasteiger partial charge in [-0.25, -0.2) is 0 Å². The van der Waals surface area contributed by atoms with Gasteiger partial charge in [-0.1, -0.05) is 0 Å². The molecule has 0 radical (unpaired) electrons. The minimum Gasteiger partial charge on any atom is -0.341 e. The van der Waals surface area contributed by atoms with E-state index in [-0.39, 0.29) is 6.04 Å². The summed E-state index contributed by atoms with van der Waals surface area (Å²) in [5.41, 5.74) is 0. The number of carbonyl (C=O) groups excluding carboxylic acids is 1. The molecule has 2 aliphatic heterocycles. The zero-order valence-electron chi connectivity index (χ0n) is 11.3. The van der Waals surface area contributed by atoms with E-state index < -0.39 is 0 Å². The third-order valence-corrected chi connectivity index (χ3v) is 4.43. The van der Waals surface area contributed by atoms with Crippen LogP contribution in [0.4, 0.5) is 0 Å². The van der Waals surface area contributed by atoms with Gasteiger partial charge in [-0.15, -0.1) is 0 Å². The maximum Gasteiger partial charge on any atom is 0.239 e. The van der Waals surface area contributed by atoms with Gasteiger partial charge >= 0.3 is 0 Å². The number of carbonyl (C=O) groups is 1. The molecular weight excluding hydrogens is 214 g/mol. The van der Waals surface area contributed by atoms with Gasteiger partial charge in [-0.05, 0) is 46.2 Å². The fourth-order valence-electron chi connectivity index (χ4n) is 2.94. The Kier molecular flexibility index (Phi) is 4.05. The highest BCUT2D eigenvalue weighted by Crippen LogP contribution is 2.21. The normalized spacial score (nSPS) is 34.9. The van der Waals surface area contributed by atoms with Crippen molar-refractivity contribution in [3.05, 3.63) is 0 Å². The first-order valence-electron chi connectivity index (χ1n) is 6.80. The molecule has 98 valence electrons. The highest BCUT2D eigenvalue weighted by Gasteiger charge is 2.32. The van der Waals surface area contributed by atoms with Crippen molar-refractivity contribution in [2.24, 2.45) is 0 Å². The minimum atomic E-state index is 0.0787. The molecule has 0 aromatic rings. The molecule has 0 aromatic carbocycles. The molecule has 0 bridgehead atoms. The molecule has 3 atom stereocenters. The lowest BCUT2D eigenvalue weighted by atomic mass is 9.97. The number of nitrogens with one attached hydrogen (secondary N) is 1. The van der Waals surface area contributed by atoms with Crippen LogP contribution in [0.15, 0.2) is 0 Å². The van der Waals surface area contributed by atoms with Crippen LogP contribution in [0.5, 0.6) is 0 Å². The molecule has 2 heterocycles. The topological polar surface area (TPSA) is 35.6 Å². The van der Waals surface area contributed by atoms with Gasteiger partial charge in [0.25, 0.3) is 0 Å². The first-order valence-corrected chi connectivity index (χ1v) is 6.80. The maximum atomic E-state index is 12.3. The Bertz CT molecular complexity index is 276. The van der Waals surface area contributed by atoms with Gasteiger partial charge < -0.3 is 15.1 Å². The van der Waals surface area contributed by atoms with E-state index in [0.29, 0.717) is 18.0 Å². The van der Waals surface area contributed by atoms with Crippen molar-refractivity contribution in [2.75, 3.05) is 27.2 Å². The van der Waals surface area contributed by atoms with Crippen molar-refractivity contribution in [2.45, 2.75) is 50.7 Å². The fraction of sp³-hybridized carbons (Fsp3) is 0.923. The smallest absolute Gasteiger partial charge is 0.239 e. The Morgan fingerprint density at radius 3 is 2.76 bits per heavy atom. The molecule has 17 heavy (non-hydrogen) atoms. The summed E-state index contributed by atoms with van der Waals surface area (Å²) in [5.74, 6) is 0.296. The molecule has 2 aliphatic rings. The highest BCUT2D eigenvalue weighted by molar-refractivity contribution is 5.82. The van der Waals surface area contributed by atoms with E-state index in [0.717, 1.165) is 38.8 Å². The van der Waals surface area contributed by atoms with E-state index in [2.05, 4.69) is 24.2 Å².